The van der Waals surface area contributed by atoms with Crippen molar-refractivity contribution in [2.45, 2.75) is 36.3 Å². The topological polar surface area (TPSA) is 89.3 Å². The Morgan fingerprint density at radius 1 is 1.21 bits per heavy atom. The van der Waals surface area contributed by atoms with E-state index < -0.39 is 10.8 Å². The summed E-state index contributed by atoms with van der Waals surface area (Å²) in [5.41, 5.74) is 2.54. The molecule has 3 aromatic heterocycles. The summed E-state index contributed by atoms with van der Waals surface area (Å²) in [5.74, 6) is 1.34. The molecule has 0 radical (unpaired) electrons. The molecule has 1 unspecified atom stereocenters. The molecule has 1 aromatic carbocycles. The monoisotopic (exact) mass is 392 g/mol. The van der Waals surface area contributed by atoms with Crippen molar-refractivity contribution in [3.8, 4) is 17.1 Å². The number of rotatable bonds is 4. The molecule has 3 heterocycles. The summed E-state index contributed by atoms with van der Waals surface area (Å²) in [6.07, 6.45) is 6.97. The lowest BCUT2D eigenvalue weighted by Gasteiger charge is -2.42. The lowest BCUT2D eigenvalue weighted by Crippen LogP contribution is -2.43. The van der Waals surface area contributed by atoms with Gasteiger partial charge in [-0.25, -0.2) is 14.6 Å². The second kappa shape index (κ2) is 6.34. The van der Waals surface area contributed by atoms with E-state index in [2.05, 4.69) is 39.1 Å². The highest BCUT2D eigenvalue weighted by Gasteiger charge is 2.43. The van der Waals surface area contributed by atoms with Gasteiger partial charge in [0, 0.05) is 21.9 Å². The van der Waals surface area contributed by atoms with Gasteiger partial charge in [0.15, 0.2) is 11.5 Å². The molecule has 7 nitrogen and oxygen atoms in total. The van der Waals surface area contributed by atoms with Crippen LogP contribution in [0.3, 0.4) is 0 Å². The molecule has 142 valence electrons. The number of fused-ring (bicyclic) bond motifs is 1. The van der Waals surface area contributed by atoms with E-state index >= 15 is 0 Å². The molecule has 0 aliphatic heterocycles. The molecule has 1 saturated carbocycles. The normalized spacial score (nSPS) is 22.9. The quantitative estimate of drug-likeness (QED) is 0.574. The van der Waals surface area contributed by atoms with Crippen LogP contribution in [-0.2, 0) is 10.8 Å². The predicted molar refractivity (Wildman–Crippen MR) is 107 cm³/mol. The van der Waals surface area contributed by atoms with Gasteiger partial charge in [-0.05, 0) is 43.9 Å². The first-order chi connectivity index (χ1) is 13.5. The van der Waals surface area contributed by atoms with Gasteiger partial charge >= 0.3 is 0 Å². The maximum absolute atomic E-state index is 13.0. The van der Waals surface area contributed by atoms with Crippen LogP contribution < -0.4 is 0 Å². The van der Waals surface area contributed by atoms with Crippen LogP contribution in [0.4, 0.5) is 0 Å². The van der Waals surface area contributed by atoms with Gasteiger partial charge in [-0.1, -0.05) is 19.1 Å². The molecule has 1 fully saturated rings. The van der Waals surface area contributed by atoms with Crippen LogP contribution in [0.1, 0.15) is 26.7 Å². The maximum atomic E-state index is 13.0. The number of aromatic nitrogens is 6. The van der Waals surface area contributed by atoms with E-state index in [0.29, 0.717) is 11.7 Å². The highest BCUT2D eigenvalue weighted by atomic mass is 32.2. The van der Waals surface area contributed by atoms with Gasteiger partial charge in [0.2, 0.25) is 0 Å². The fourth-order valence-electron chi connectivity index (χ4n) is 4.17. The molecule has 4 aromatic rings. The van der Waals surface area contributed by atoms with Crippen molar-refractivity contribution >= 4 is 21.8 Å². The smallest absolute Gasteiger partial charge is 0.162 e. The highest BCUT2D eigenvalue weighted by Crippen LogP contribution is 2.44. The predicted octanol–water partition coefficient (Wildman–Crippen LogP) is 3.50. The Labute approximate surface area is 164 Å². The van der Waals surface area contributed by atoms with Crippen LogP contribution in [0.25, 0.3) is 28.1 Å². The van der Waals surface area contributed by atoms with E-state index in [-0.39, 0.29) is 4.75 Å². The van der Waals surface area contributed by atoms with Crippen LogP contribution in [0.2, 0.25) is 0 Å². The van der Waals surface area contributed by atoms with E-state index in [9.17, 15) is 4.21 Å². The van der Waals surface area contributed by atoms with Crippen molar-refractivity contribution in [2.24, 2.45) is 5.92 Å². The number of nitrogens with zero attached hydrogens (tertiary/aromatic N) is 5. The molecule has 0 spiro atoms. The molecule has 8 heteroatoms. The third kappa shape index (κ3) is 2.75. The molecule has 1 N–H and O–H groups in total. The molecule has 0 saturated heterocycles. The summed E-state index contributed by atoms with van der Waals surface area (Å²) in [6.45, 7) is 4.31. The van der Waals surface area contributed by atoms with E-state index in [0.717, 1.165) is 40.0 Å². The molecule has 1 aliphatic rings. The number of hydrogen-bond donors (Lipinski definition) is 1. The van der Waals surface area contributed by atoms with Gasteiger partial charge in [-0.15, -0.1) is 0 Å². The molecular weight excluding hydrogens is 372 g/mol. The lowest BCUT2D eigenvalue weighted by molar-refractivity contribution is 0.262. The molecule has 1 atom stereocenters. The molecular formula is C20H20N6OS. The molecule has 0 amide bonds. The molecule has 28 heavy (non-hydrogen) atoms. The number of nitrogens with one attached hydrogen (secondary N) is 1. The third-order valence-corrected chi connectivity index (χ3v) is 7.26. The van der Waals surface area contributed by atoms with E-state index in [1.165, 1.54) is 6.33 Å². The van der Waals surface area contributed by atoms with Crippen molar-refractivity contribution in [3.05, 3.63) is 49.1 Å². The maximum Gasteiger partial charge on any atom is 0.162 e. The average Bonchev–Trinajstić information content (AvgIpc) is 3.36. The van der Waals surface area contributed by atoms with E-state index in [1.807, 2.05) is 30.3 Å². The first-order valence-electron chi connectivity index (χ1n) is 9.25. The Hall–Kier alpha value is -2.87. The van der Waals surface area contributed by atoms with Crippen molar-refractivity contribution in [2.75, 3.05) is 0 Å². The van der Waals surface area contributed by atoms with Gasteiger partial charge in [-0.3, -0.25) is 9.31 Å². The SMILES string of the molecule is CC1CC(C)(S(=O)c2cnc3c(cnn3-c3cccc(-c4ncn[nH]4)c3)c2)C1. The Morgan fingerprint density at radius 2 is 2.07 bits per heavy atom. The Morgan fingerprint density at radius 3 is 2.82 bits per heavy atom. The Kier molecular flexibility index (Phi) is 3.90. The standard InChI is InChI=1S/C20H20N6OS/c1-13-8-20(2,9-13)28(27)17-7-15-10-24-26(19(15)21-11-17)16-5-3-4-14(6-16)18-22-12-23-25-18/h3-7,10-13H,8-9H2,1-2H3,(H,22,23,25). The number of H-pyrrole nitrogens is 1. The van der Waals surface area contributed by atoms with Gasteiger partial charge < -0.3 is 0 Å². The highest BCUT2D eigenvalue weighted by molar-refractivity contribution is 7.86. The van der Waals surface area contributed by atoms with Crippen molar-refractivity contribution < 1.29 is 4.21 Å². The van der Waals surface area contributed by atoms with Crippen LogP contribution in [0.15, 0.2) is 53.9 Å². The minimum absolute atomic E-state index is 0.143. The average molecular weight is 392 g/mol. The van der Waals surface area contributed by atoms with Crippen LogP contribution in [0.5, 0.6) is 0 Å². The summed E-state index contributed by atoms with van der Waals surface area (Å²) in [5, 5.41) is 12.2. The third-order valence-electron chi connectivity index (χ3n) is 5.38. The summed E-state index contributed by atoms with van der Waals surface area (Å²) in [6, 6.07) is 9.82. The van der Waals surface area contributed by atoms with Crippen molar-refractivity contribution in [1.29, 1.82) is 0 Å². The van der Waals surface area contributed by atoms with E-state index in [4.69, 9.17) is 0 Å². The van der Waals surface area contributed by atoms with Crippen LogP contribution in [0, 0.1) is 5.92 Å². The zero-order chi connectivity index (χ0) is 19.3. The van der Waals surface area contributed by atoms with Gasteiger partial charge in [0.25, 0.3) is 0 Å². The van der Waals surface area contributed by atoms with Crippen LogP contribution >= 0.6 is 0 Å². The fraction of sp³-hybridized carbons (Fsp3) is 0.300. The van der Waals surface area contributed by atoms with Gasteiger partial charge in [0.1, 0.15) is 6.33 Å². The van der Waals surface area contributed by atoms with Crippen molar-refractivity contribution in [1.82, 2.24) is 29.9 Å². The molecule has 0 bridgehead atoms. The Bertz CT molecular complexity index is 1180. The van der Waals surface area contributed by atoms with Gasteiger partial charge in [-0.2, -0.15) is 10.2 Å². The molecule has 5 rings (SSSR count). The minimum Gasteiger partial charge on any atom is -0.259 e. The minimum atomic E-state index is -1.06. The van der Waals surface area contributed by atoms with Crippen molar-refractivity contribution in [3.63, 3.8) is 0 Å². The first kappa shape index (κ1) is 17.2. The Balaban J connectivity index is 1.51. The second-order valence-corrected chi connectivity index (χ2v) is 9.75. The lowest BCUT2D eigenvalue weighted by atomic mass is 9.76. The molecule has 1 aliphatic carbocycles. The summed E-state index contributed by atoms with van der Waals surface area (Å²) in [7, 11) is -1.06. The van der Waals surface area contributed by atoms with E-state index in [1.54, 1.807) is 17.1 Å². The summed E-state index contributed by atoms with van der Waals surface area (Å²) in [4.78, 5) is 9.57. The number of benzene rings is 1. The number of pyridine rings is 1. The zero-order valence-corrected chi connectivity index (χ0v) is 16.5. The zero-order valence-electron chi connectivity index (χ0n) is 15.7. The fourth-order valence-corrected chi connectivity index (χ4v) is 5.99. The van der Waals surface area contributed by atoms with Gasteiger partial charge in [0.05, 0.1) is 27.6 Å². The number of hydrogen-bond acceptors (Lipinski definition) is 5. The summed E-state index contributed by atoms with van der Waals surface area (Å²) < 4.78 is 14.7. The largest absolute Gasteiger partial charge is 0.259 e. The first-order valence-corrected chi connectivity index (χ1v) is 10.4. The summed E-state index contributed by atoms with van der Waals surface area (Å²) >= 11 is 0. The van der Waals surface area contributed by atoms with Crippen LogP contribution in [-0.4, -0.2) is 38.9 Å². The number of aromatic amines is 1. The second-order valence-electron chi connectivity index (χ2n) is 7.76.